The lowest BCUT2D eigenvalue weighted by Crippen LogP contribution is -2.41. The minimum absolute atomic E-state index is 0.0301. The molecule has 2 rings (SSSR count). The molecule has 2 amide bonds. The van der Waals surface area contributed by atoms with Crippen LogP contribution in [0, 0.1) is 5.92 Å². The highest BCUT2D eigenvalue weighted by Gasteiger charge is 2.35. The van der Waals surface area contributed by atoms with Crippen LogP contribution in [0.4, 0.5) is 5.69 Å². The molecule has 6 heteroatoms. The van der Waals surface area contributed by atoms with Gasteiger partial charge in [0.2, 0.25) is 11.8 Å². The van der Waals surface area contributed by atoms with Crippen molar-refractivity contribution in [2.45, 2.75) is 19.4 Å². The summed E-state index contributed by atoms with van der Waals surface area (Å²) in [6.07, 6.45) is 0.241. The summed E-state index contributed by atoms with van der Waals surface area (Å²) in [5, 5.41) is 2.82. The third kappa shape index (κ3) is 3.19. The van der Waals surface area contributed by atoms with Crippen LogP contribution in [-0.2, 0) is 9.59 Å². The Labute approximate surface area is 126 Å². The van der Waals surface area contributed by atoms with Gasteiger partial charge in [0.15, 0.2) is 0 Å². The molecule has 2 atom stereocenters. The summed E-state index contributed by atoms with van der Waals surface area (Å²) in [7, 11) is 0. The molecule has 1 heterocycles. The van der Waals surface area contributed by atoms with Gasteiger partial charge in [-0.25, -0.2) is 0 Å². The zero-order valence-corrected chi connectivity index (χ0v) is 12.9. The Hall–Kier alpha value is -1.40. The predicted molar refractivity (Wildman–Crippen MR) is 81.3 cm³/mol. The van der Waals surface area contributed by atoms with Crippen LogP contribution in [0.1, 0.15) is 13.3 Å². The van der Waals surface area contributed by atoms with E-state index in [1.165, 1.54) is 0 Å². The van der Waals surface area contributed by atoms with Crippen molar-refractivity contribution >= 4 is 33.4 Å². The number of carbonyl (C=O) groups excluding carboxylic acids is 2. The molecule has 0 aliphatic carbocycles. The Morgan fingerprint density at radius 3 is 2.90 bits per heavy atom. The second-order valence-corrected chi connectivity index (χ2v) is 5.86. The van der Waals surface area contributed by atoms with Crippen LogP contribution in [0.25, 0.3) is 0 Å². The third-order valence-corrected chi connectivity index (χ3v) is 4.05. The lowest BCUT2D eigenvalue weighted by atomic mass is 10.1. The Kier molecular flexibility index (Phi) is 4.77. The number of anilines is 1. The van der Waals surface area contributed by atoms with Gasteiger partial charge in [0.25, 0.3) is 0 Å². The Morgan fingerprint density at radius 1 is 1.55 bits per heavy atom. The second-order valence-electron chi connectivity index (χ2n) is 5.00. The zero-order chi connectivity index (χ0) is 14.7. The molecule has 108 valence electrons. The van der Waals surface area contributed by atoms with Crippen LogP contribution in [-0.4, -0.2) is 30.9 Å². The Bertz CT molecular complexity index is 521. The highest BCUT2D eigenvalue weighted by Crippen LogP contribution is 2.31. The summed E-state index contributed by atoms with van der Waals surface area (Å²) in [4.78, 5) is 25.8. The lowest BCUT2D eigenvalue weighted by Gasteiger charge is -2.19. The van der Waals surface area contributed by atoms with Gasteiger partial charge < -0.3 is 16.0 Å². The number of carbonyl (C=O) groups is 2. The summed E-state index contributed by atoms with van der Waals surface area (Å²) >= 11 is 3.43. The van der Waals surface area contributed by atoms with E-state index in [2.05, 4.69) is 21.2 Å². The molecule has 1 aliphatic heterocycles. The molecule has 0 spiro atoms. The quantitative estimate of drug-likeness (QED) is 0.867. The molecule has 0 saturated carbocycles. The van der Waals surface area contributed by atoms with Crippen LogP contribution in [0.2, 0.25) is 0 Å². The maximum Gasteiger partial charge on any atom is 0.227 e. The molecule has 0 aromatic heterocycles. The largest absolute Gasteiger partial charge is 0.352 e. The van der Waals surface area contributed by atoms with Gasteiger partial charge in [-0.2, -0.15) is 0 Å². The number of para-hydroxylation sites is 1. The van der Waals surface area contributed by atoms with E-state index in [1.807, 2.05) is 31.2 Å². The fourth-order valence-electron chi connectivity index (χ4n) is 2.21. The van der Waals surface area contributed by atoms with Crippen LogP contribution in [0.15, 0.2) is 28.7 Å². The van der Waals surface area contributed by atoms with Crippen molar-refractivity contribution in [3.05, 3.63) is 28.7 Å². The predicted octanol–water partition coefficient (Wildman–Crippen LogP) is 1.27. The fourth-order valence-corrected chi connectivity index (χ4v) is 2.71. The van der Waals surface area contributed by atoms with Crippen molar-refractivity contribution in [3.63, 3.8) is 0 Å². The van der Waals surface area contributed by atoms with Crippen LogP contribution < -0.4 is 16.0 Å². The van der Waals surface area contributed by atoms with Gasteiger partial charge in [0.05, 0.1) is 11.6 Å². The molecular weight excluding hydrogens is 322 g/mol. The number of nitrogens with two attached hydrogens (primary N) is 1. The Morgan fingerprint density at radius 2 is 2.25 bits per heavy atom. The van der Waals surface area contributed by atoms with Gasteiger partial charge in [-0.15, -0.1) is 0 Å². The first-order valence-corrected chi connectivity index (χ1v) is 7.37. The van der Waals surface area contributed by atoms with E-state index in [0.717, 1.165) is 10.2 Å². The van der Waals surface area contributed by atoms with Crippen molar-refractivity contribution < 1.29 is 9.59 Å². The van der Waals surface area contributed by atoms with Crippen LogP contribution in [0.3, 0.4) is 0 Å². The van der Waals surface area contributed by atoms with E-state index in [1.54, 1.807) is 4.90 Å². The summed E-state index contributed by atoms with van der Waals surface area (Å²) in [6, 6.07) is 7.44. The molecule has 3 N–H and O–H groups in total. The second kappa shape index (κ2) is 6.37. The van der Waals surface area contributed by atoms with E-state index in [4.69, 9.17) is 5.73 Å². The third-order valence-electron chi connectivity index (χ3n) is 3.38. The minimum Gasteiger partial charge on any atom is -0.352 e. The molecule has 1 aromatic rings. The maximum atomic E-state index is 12.1. The normalized spacial score (nSPS) is 20.1. The van der Waals surface area contributed by atoms with Gasteiger partial charge in [-0.3, -0.25) is 9.59 Å². The van der Waals surface area contributed by atoms with Crippen molar-refractivity contribution in [1.82, 2.24) is 5.32 Å². The molecule has 1 aromatic carbocycles. The first-order chi connectivity index (χ1) is 9.52. The highest BCUT2D eigenvalue weighted by molar-refractivity contribution is 9.10. The van der Waals surface area contributed by atoms with E-state index < -0.39 is 0 Å². The topological polar surface area (TPSA) is 75.4 Å². The summed E-state index contributed by atoms with van der Waals surface area (Å²) in [6.45, 7) is 2.64. The number of amides is 2. The van der Waals surface area contributed by atoms with Crippen LogP contribution in [0.5, 0.6) is 0 Å². The van der Waals surface area contributed by atoms with Gasteiger partial charge in [-0.05, 0) is 35.0 Å². The first kappa shape index (κ1) is 15.0. The molecule has 0 bridgehead atoms. The molecule has 20 heavy (non-hydrogen) atoms. The van der Waals surface area contributed by atoms with Crippen molar-refractivity contribution in [2.75, 3.05) is 18.0 Å². The number of halogens is 1. The molecule has 1 unspecified atom stereocenters. The SMILES string of the molecule is C[C@@H](CN)NC(=O)C1CC(=O)N(c2ccccc2Br)C1. The fraction of sp³-hybridized carbons (Fsp3) is 0.429. The van der Waals surface area contributed by atoms with Crippen molar-refractivity contribution in [3.8, 4) is 0 Å². The van der Waals surface area contributed by atoms with E-state index in [-0.39, 0.29) is 30.2 Å². The Balaban J connectivity index is 2.08. The number of hydrogen-bond acceptors (Lipinski definition) is 3. The highest BCUT2D eigenvalue weighted by atomic mass is 79.9. The van der Waals surface area contributed by atoms with E-state index in [9.17, 15) is 9.59 Å². The smallest absolute Gasteiger partial charge is 0.227 e. The van der Waals surface area contributed by atoms with Crippen LogP contribution >= 0.6 is 15.9 Å². The molecule has 0 radical (unpaired) electrons. The average molecular weight is 340 g/mol. The number of hydrogen-bond donors (Lipinski definition) is 2. The van der Waals surface area contributed by atoms with Gasteiger partial charge in [-0.1, -0.05) is 12.1 Å². The molecule has 1 saturated heterocycles. The standard InChI is InChI=1S/C14H18BrN3O2/c1-9(7-16)17-14(20)10-6-13(19)18(8-10)12-5-3-2-4-11(12)15/h2-5,9-10H,6-8,16H2,1H3,(H,17,20)/t9-,10?/m0/s1. The number of nitrogens with zero attached hydrogens (tertiary/aromatic N) is 1. The molecule has 5 nitrogen and oxygen atoms in total. The van der Waals surface area contributed by atoms with Gasteiger partial charge in [0, 0.05) is 30.0 Å². The van der Waals surface area contributed by atoms with Gasteiger partial charge in [0.1, 0.15) is 0 Å². The van der Waals surface area contributed by atoms with E-state index >= 15 is 0 Å². The van der Waals surface area contributed by atoms with E-state index in [0.29, 0.717) is 13.1 Å². The maximum absolute atomic E-state index is 12.1. The molecule has 1 fully saturated rings. The molecular formula is C14H18BrN3O2. The van der Waals surface area contributed by atoms with Crippen molar-refractivity contribution in [2.24, 2.45) is 11.7 Å². The number of rotatable bonds is 4. The lowest BCUT2D eigenvalue weighted by molar-refractivity contribution is -0.126. The first-order valence-electron chi connectivity index (χ1n) is 6.58. The summed E-state index contributed by atoms with van der Waals surface area (Å²) < 4.78 is 0.852. The summed E-state index contributed by atoms with van der Waals surface area (Å²) in [5.74, 6) is -0.452. The minimum atomic E-state index is -0.316. The number of benzene rings is 1. The van der Waals surface area contributed by atoms with Gasteiger partial charge >= 0.3 is 0 Å². The monoisotopic (exact) mass is 339 g/mol. The number of nitrogens with one attached hydrogen (secondary N) is 1. The van der Waals surface area contributed by atoms with Crippen molar-refractivity contribution in [1.29, 1.82) is 0 Å². The average Bonchev–Trinajstić information content (AvgIpc) is 2.81. The summed E-state index contributed by atoms with van der Waals surface area (Å²) in [5.41, 5.74) is 6.29. The molecule has 1 aliphatic rings. The zero-order valence-electron chi connectivity index (χ0n) is 11.3.